The van der Waals surface area contributed by atoms with Crippen molar-refractivity contribution in [3.05, 3.63) is 59.7 Å². The quantitative estimate of drug-likeness (QED) is 0.527. The first-order valence-electron chi connectivity index (χ1n) is 10.3. The van der Waals surface area contributed by atoms with E-state index in [1.165, 1.54) is 11.9 Å². The van der Waals surface area contributed by atoms with Crippen LogP contribution in [0.3, 0.4) is 0 Å². The van der Waals surface area contributed by atoms with E-state index in [9.17, 15) is 18.0 Å². The molecule has 0 aliphatic heterocycles. The number of amides is 2. The molecule has 0 saturated heterocycles. The van der Waals surface area contributed by atoms with Gasteiger partial charge in [0.1, 0.15) is 17.5 Å². The molecule has 0 fully saturated rings. The zero-order chi connectivity index (χ0) is 24.6. The molecule has 2 rings (SSSR count). The van der Waals surface area contributed by atoms with Crippen LogP contribution in [-0.4, -0.2) is 69.5 Å². The summed E-state index contributed by atoms with van der Waals surface area (Å²) in [5.41, 5.74) is 1.65. The minimum Gasteiger partial charge on any atom is -0.497 e. The Kier molecular flexibility index (Phi) is 9.24. The number of methoxy groups -OCH3 is 2. The smallest absolute Gasteiger partial charge is 0.242 e. The number of hydrogen-bond donors (Lipinski definition) is 1. The number of ether oxygens (including phenoxy) is 2. The molecule has 0 aromatic heterocycles. The van der Waals surface area contributed by atoms with Gasteiger partial charge in [-0.15, -0.1) is 0 Å². The lowest BCUT2D eigenvalue weighted by Gasteiger charge is -2.30. The van der Waals surface area contributed by atoms with Gasteiger partial charge in [0.25, 0.3) is 0 Å². The topological polar surface area (TPSA) is 105 Å². The summed E-state index contributed by atoms with van der Waals surface area (Å²) in [5, 5.41) is 2.83. The number of benzene rings is 2. The van der Waals surface area contributed by atoms with Crippen LogP contribution in [0.25, 0.3) is 0 Å². The lowest BCUT2D eigenvalue weighted by atomic mass is 10.1. The molecule has 0 spiro atoms. The van der Waals surface area contributed by atoms with Crippen LogP contribution < -0.4 is 14.8 Å². The highest BCUT2D eigenvalue weighted by atomic mass is 32.2. The summed E-state index contributed by atoms with van der Waals surface area (Å²) in [7, 11) is 0.908. The highest BCUT2D eigenvalue weighted by Crippen LogP contribution is 2.16. The minimum absolute atomic E-state index is 0.136. The number of sulfonamides is 1. The number of likely N-dealkylation sites (N-methyl/N-ethyl adjacent to an activating group) is 1. The van der Waals surface area contributed by atoms with E-state index < -0.39 is 22.0 Å². The summed E-state index contributed by atoms with van der Waals surface area (Å²) in [4.78, 5) is 27.3. The first kappa shape index (κ1) is 26.1. The van der Waals surface area contributed by atoms with Crippen molar-refractivity contribution in [1.29, 1.82) is 0 Å². The molecule has 0 bridgehead atoms. The third kappa shape index (κ3) is 7.76. The molecular weight excluding hydrogens is 446 g/mol. The van der Waals surface area contributed by atoms with E-state index >= 15 is 0 Å². The Hall–Kier alpha value is -3.11. The van der Waals surface area contributed by atoms with E-state index in [2.05, 4.69) is 5.32 Å². The summed E-state index contributed by atoms with van der Waals surface area (Å²) < 4.78 is 34.8. The van der Waals surface area contributed by atoms with Gasteiger partial charge in [0.05, 0.1) is 27.0 Å². The number of nitrogens with one attached hydrogen (secondary N) is 1. The zero-order valence-corrected chi connectivity index (χ0v) is 20.4. The second kappa shape index (κ2) is 11.7. The second-order valence-corrected chi connectivity index (χ2v) is 9.72. The lowest BCUT2D eigenvalue weighted by molar-refractivity contribution is -0.140. The summed E-state index contributed by atoms with van der Waals surface area (Å²) >= 11 is 0. The van der Waals surface area contributed by atoms with Crippen LogP contribution in [0.15, 0.2) is 48.5 Å². The van der Waals surface area contributed by atoms with E-state index in [1.807, 2.05) is 12.1 Å². The standard InChI is InChI=1S/C23H31N3O6S/c1-17(23(28)24-14-18-6-10-20(31-3)11-7-18)26(22(27)16-25(2)33(5,29)30)15-19-8-12-21(32-4)13-9-19/h6-13,17H,14-16H2,1-5H3,(H,24,28)/t17-/m0/s1. The maximum atomic E-state index is 13.0. The molecule has 33 heavy (non-hydrogen) atoms. The summed E-state index contributed by atoms with van der Waals surface area (Å²) in [6.45, 7) is 1.66. The van der Waals surface area contributed by atoms with E-state index in [-0.39, 0.29) is 25.5 Å². The Morgan fingerprint density at radius 1 is 0.939 bits per heavy atom. The maximum Gasteiger partial charge on any atom is 0.242 e. The van der Waals surface area contributed by atoms with E-state index in [4.69, 9.17) is 9.47 Å². The Labute approximate surface area is 195 Å². The van der Waals surface area contributed by atoms with Crippen molar-refractivity contribution in [2.45, 2.75) is 26.1 Å². The molecule has 9 nitrogen and oxygen atoms in total. The fourth-order valence-electron chi connectivity index (χ4n) is 2.99. The van der Waals surface area contributed by atoms with Crippen LogP contribution in [0.2, 0.25) is 0 Å². The van der Waals surface area contributed by atoms with Gasteiger partial charge in [-0.05, 0) is 42.3 Å². The van der Waals surface area contributed by atoms with Crippen LogP contribution >= 0.6 is 0 Å². The number of hydrogen-bond acceptors (Lipinski definition) is 6. The summed E-state index contributed by atoms with van der Waals surface area (Å²) in [6.07, 6.45) is 1.03. The highest BCUT2D eigenvalue weighted by molar-refractivity contribution is 7.88. The van der Waals surface area contributed by atoms with Crippen LogP contribution in [-0.2, 0) is 32.7 Å². The predicted octanol–water partition coefficient (Wildman–Crippen LogP) is 1.63. The van der Waals surface area contributed by atoms with Gasteiger partial charge in [-0.25, -0.2) is 8.42 Å². The minimum atomic E-state index is -3.55. The summed E-state index contributed by atoms with van der Waals surface area (Å²) in [5.74, 6) is 0.545. The predicted molar refractivity (Wildman–Crippen MR) is 125 cm³/mol. The molecule has 0 saturated carbocycles. The van der Waals surface area contributed by atoms with Gasteiger partial charge in [-0.2, -0.15) is 4.31 Å². The van der Waals surface area contributed by atoms with Crippen molar-refractivity contribution >= 4 is 21.8 Å². The van der Waals surface area contributed by atoms with Crippen molar-refractivity contribution < 1.29 is 27.5 Å². The van der Waals surface area contributed by atoms with Gasteiger partial charge in [0, 0.05) is 20.1 Å². The molecular formula is C23H31N3O6S. The third-order valence-electron chi connectivity index (χ3n) is 5.23. The number of carbonyl (C=O) groups excluding carboxylic acids is 2. The molecule has 2 aromatic carbocycles. The lowest BCUT2D eigenvalue weighted by Crippen LogP contribution is -2.50. The van der Waals surface area contributed by atoms with Gasteiger partial charge in [-0.1, -0.05) is 24.3 Å². The van der Waals surface area contributed by atoms with Gasteiger partial charge in [0.2, 0.25) is 21.8 Å². The highest BCUT2D eigenvalue weighted by Gasteiger charge is 2.28. The molecule has 0 aliphatic carbocycles. The Balaban J connectivity index is 2.16. The van der Waals surface area contributed by atoms with Crippen LogP contribution in [0.1, 0.15) is 18.1 Å². The molecule has 0 aliphatic rings. The molecule has 10 heteroatoms. The average Bonchev–Trinajstić information content (AvgIpc) is 2.80. The number of nitrogens with zero attached hydrogens (tertiary/aromatic N) is 2. The van der Waals surface area contributed by atoms with Gasteiger partial charge in [-0.3, -0.25) is 9.59 Å². The van der Waals surface area contributed by atoms with Crippen molar-refractivity contribution in [2.75, 3.05) is 34.1 Å². The molecule has 2 aromatic rings. The molecule has 2 amide bonds. The van der Waals surface area contributed by atoms with Gasteiger partial charge >= 0.3 is 0 Å². The molecule has 1 atom stereocenters. The number of carbonyl (C=O) groups is 2. The van der Waals surface area contributed by atoms with E-state index in [0.717, 1.165) is 21.7 Å². The molecule has 180 valence electrons. The van der Waals surface area contributed by atoms with Gasteiger partial charge < -0.3 is 19.7 Å². The number of rotatable bonds is 11. The second-order valence-electron chi connectivity index (χ2n) is 7.63. The van der Waals surface area contributed by atoms with Crippen molar-refractivity contribution in [1.82, 2.24) is 14.5 Å². The van der Waals surface area contributed by atoms with Crippen molar-refractivity contribution in [3.63, 3.8) is 0 Å². The average molecular weight is 478 g/mol. The fourth-order valence-corrected chi connectivity index (χ4v) is 3.33. The van der Waals surface area contributed by atoms with E-state index in [1.54, 1.807) is 57.5 Å². The van der Waals surface area contributed by atoms with Crippen molar-refractivity contribution in [2.24, 2.45) is 0 Å². The first-order chi connectivity index (χ1) is 15.5. The Morgan fingerprint density at radius 3 is 1.88 bits per heavy atom. The molecule has 1 N–H and O–H groups in total. The van der Waals surface area contributed by atoms with Gasteiger partial charge in [0.15, 0.2) is 0 Å². The monoisotopic (exact) mass is 477 g/mol. The molecule has 0 heterocycles. The Bertz CT molecular complexity index is 1040. The van der Waals surface area contributed by atoms with E-state index in [0.29, 0.717) is 11.5 Å². The zero-order valence-electron chi connectivity index (χ0n) is 19.6. The molecule has 0 unspecified atom stereocenters. The van der Waals surface area contributed by atoms with Crippen LogP contribution in [0.4, 0.5) is 0 Å². The molecule has 0 radical (unpaired) electrons. The largest absolute Gasteiger partial charge is 0.497 e. The van der Waals surface area contributed by atoms with Crippen molar-refractivity contribution in [3.8, 4) is 11.5 Å². The fraction of sp³-hybridized carbons (Fsp3) is 0.391. The third-order valence-corrected chi connectivity index (χ3v) is 6.49. The normalized spacial score (nSPS) is 12.2. The van der Waals surface area contributed by atoms with Crippen LogP contribution in [0, 0.1) is 0 Å². The van der Waals surface area contributed by atoms with Crippen LogP contribution in [0.5, 0.6) is 11.5 Å². The maximum absolute atomic E-state index is 13.0. The Morgan fingerprint density at radius 2 is 1.42 bits per heavy atom. The summed E-state index contributed by atoms with van der Waals surface area (Å²) in [6, 6.07) is 13.5. The SMILES string of the molecule is COc1ccc(CNC(=O)[C@H](C)N(Cc2ccc(OC)cc2)C(=O)CN(C)S(C)(=O)=O)cc1. The first-order valence-corrected chi connectivity index (χ1v) is 12.1.